The van der Waals surface area contributed by atoms with Crippen molar-refractivity contribution < 1.29 is 19.0 Å². The number of nitriles is 1. The summed E-state index contributed by atoms with van der Waals surface area (Å²) in [5.74, 6) is 1.42. The van der Waals surface area contributed by atoms with E-state index in [1.165, 1.54) is 18.4 Å². The van der Waals surface area contributed by atoms with Crippen molar-refractivity contribution in [2.45, 2.75) is 0 Å². The number of aromatic nitrogens is 1. The number of benzene rings is 3. The van der Waals surface area contributed by atoms with Gasteiger partial charge in [-0.15, -0.1) is 11.3 Å². The molecule has 36 heavy (non-hydrogen) atoms. The molecule has 0 spiro atoms. The van der Waals surface area contributed by atoms with Crippen LogP contribution in [-0.2, 0) is 0 Å². The summed E-state index contributed by atoms with van der Waals surface area (Å²) >= 11 is 7.27. The summed E-state index contributed by atoms with van der Waals surface area (Å²) in [5, 5.41) is 12.8. The van der Waals surface area contributed by atoms with Crippen LogP contribution in [0.25, 0.3) is 22.9 Å². The molecular weight excluding hydrogens is 496 g/mol. The summed E-state index contributed by atoms with van der Waals surface area (Å²) in [5.41, 5.74) is 3.33. The van der Waals surface area contributed by atoms with E-state index >= 15 is 0 Å². The Morgan fingerprint density at radius 2 is 1.86 bits per heavy atom. The lowest BCUT2D eigenvalue weighted by Gasteiger charge is -2.11. The number of hydrogen-bond donors (Lipinski definition) is 0. The van der Waals surface area contributed by atoms with Gasteiger partial charge in [-0.25, -0.2) is 4.98 Å². The maximum absolute atomic E-state index is 12.4. The van der Waals surface area contributed by atoms with Crippen LogP contribution in [0, 0.1) is 11.3 Å². The van der Waals surface area contributed by atoms with Gasteiger partial charge >= 0.3 is 0 Å². The second-order valence-corrected chi connectivity index (χ2v) is 8.86. The molecule has 4 rings (SSSR count). The van der Waals surface area contributed by atoms with Crippen LogP contribution in [0.4, 0.5) is 0 Å². The predicted molar refractivity (Wildman–Crippen MR) is 142 cm³/mol. The molecule has 0 fully saturated rings. The lowest BCUT2D eigenvalue weighted by atomic mass is 10.1. The molecule has 0 saturated heterocycles. The van der Waals surface area contributed by atoms with E-state index in [-0.39, 0.29) is 12.4 Å². The Balaban J connectivity index is 1.51. The summed E-state index contributed by atoms with van der Waals surface area (Å²) in [6, 6.07) is 21.7. The highest BCUT2D eigenvalue weighted by Gasteiger charge is 2.13. The Hall–Kier alpha value is -4.12. The highest BCUT2D eigenvalue weighted by atomic mass is 35.5. The van der Waals surface area contributed by atoms with Crippen molar-refractivity contribution in [1.82, 2.24) is 4.98 Å². The summed E-state index contributed by atoms with van der Waals surface area (Å²) in [6.07, 6.45) is 1.74. The third-order valence-electron chi connectivity index (χ3n) is 5.24. The third-order valence-corrected chi connectivity index (χ3v) is 6.37. The molecule has 8 heteroatoms. The molecule has 3 aromatic carbocycles. The molecule has 0 aliphatic rings. The van der Waals surface area contributed by atoms with Crippen LogP contribution in [0.15, 0.2) is 72.1 Å². The molecule has 0 atom stereocenters. The smallest absolute Gasteiger partial charge is 0.200 e. The minimum absolute atomic E-state index is 0.150. The number of methoxy groups -OCH3 is 2. The Kier molecular flexibility index (Phi) is 8.01. The number of hydrogen-bond acceptors (Lipinski definition) is 7. The lowest BCUT2D eigenvalue weighted by molar-refractivity contribution is 0.0919. The van der Waals surface area contributed by atoms with E-state index in [4.69, 9.17) is 25.8 Å². The van der Waals surface area contributed by atoms with Gasteiger partial charge in [-0.2, -0.15) is 5.26 Å². The van der Waals surface area contributed by atoms with Gasteiger partial charge in [-0.05, 0) is 60.2 Å². The number of nitrogens with zero attached hydrogens (tertiary/aromatic N) is 2. The highest BCUT2D eigenvalue weighted by Crippen LogP contribution is 2.32. The van der Waals surface area contributed by atoms with Crippen molar-refractivity contribution in [3.8, 4) is 34.6 Å². The molecule has 180 valence electrons. The first-order valence-electron chi connectivity index (χ1n) is 10.8. The second-order valence-electron chi connectivity index (χ2n) is 7.57. The van der Waals surface area contributed by atoms with E-state index in [1.54, 1.807) is 55.7 Å². The number of Topliss-reactive ketones (excluding diaryl/α,β-unsaturated/α-hetero) is 1. The maximum Gasteiger partial charge on any atom is 0.200 e. The second kappa shape index (κ2) is 11.5. The molecule has 0 aliphatic heterocycles. The summed E-state index contributed by atoms with van der Waals surface area (Å²) in [4.78, 5) is 17.0. The molecule has 4 aromatic rings. The van der Waals surface area contributed by atoms with Crippen LogP contribution in [0.2, 0.25) is 5.02 Å². The van der Waals surface area contributed by atoms with Gasteiger partial charge in [0, 0.05) is 21.5 Å². The lowest BCUT2D eigenvalue weighted by Crippen LogP contribution is -2.12. The first-order valence-corrected chi connectivity index (χ1v) is 12.1. The van der Waals surface area contributed by atoms with E-state index in [1.807, 2.05) is 29.6 Å². The number of allylic oxidation sites excluding steroid dienone is 1. The van der Waals surface area contributed by atoms with Crippen molar-refractivity contribution in [1.29, 1.82) is 5.26 Å². The molecule has 0 N–H and O–H groups in total. The number of carbonyl (C=O) groups excluding carboxylic acids is 1. The van der Waals surface area contributed by atoms with Gasteiger partial charge in [-0.3, -0.25) is 4.79 Å². The fourth-order valence-electron chi connectivity index (χ4n) is 3.38. The van der Waals surface area contributed by atoms with Crippen molar-refractivity contribution in [3.63, 3.8) is 0 Å². The van der Waals surface area contributed by atoms with Crippen molar-refractivity contribution in [3.05, 3.63) is 93.3 Å². The van der Waals surface area contributed by atoms with Gasteiger partial charge in [0.15, 0.2) is 23.9 Å². The minimum Gasteiger partial charge on any atom is -0.497 e. The normalized spacial score (nSPS) is 11.0. The maximum atomic E-state index is 12.4. The molecule has 0 amide bonds. The molecule has 0 radical (unpaired) electrons. The van der Waals surface area contributed by atoms with E-state index < -0.39 is 0 Å². The SMILES string of the molecule is COc1cccc(-c2csc(/C(C#N)=C\c3ccc(OCC(=O)c4ccc(Cl)cc4)c(OC)c3)n2)c1. The number of ketones is 1. The Bertz CT molecular complexity index is 1460. The number of halogens is 1. The fraction of sp³-hybridized carbons (Fsp3) is 0.107. The number of carbonyl (C=O) groups is 1. The standard InChI is InChI=1S/C28H21ClN2O4S/c1-33-23-5-3-4-20(14-23)24-17-36-28(31-24)21(15-30)12-18-6-11-26(27(13-18)34-2)35-16-25(32)19-7-9-22(29)10-8-19/h3-14,17H,16H2,1-2H3/b21-12-. The van der Waals surface area contributed by atoms with Crippen molar-refractivity contribution in [2.75, 3.05) is 20.8 Å². The average Bonchev–Trinajstić information content (AvgIpc) is 3.41. The first-order chi connectivity index (χ1) is 17.5. The predicted octanol–water partition coefficient (Wildman–Crippen LogP) is 6.81. The zero-order valence-corrected chi connectivity index (χ0v) is 21.1. The number of thiazole rings is 1. The number of rotatable bonds is 9. The van der Waals surface area contributed by atoms with Gasteiger partial charge in [0.25, 0.3) is 0 Å². The Morgan fingerprint density at radius 1 is 1.06 bits per heavy atom. The topological polar surface area (TPSA) is 81.4 Å². The van der Waals surface area contributed by atoms with Crippen molar-refractivity contribution in [2.24, 2.45) is 0 Å². The molecule has 0 aliphatic carbocycles. The summed E-state index contributed by atoms with van der Waals surface area (Å²) < 4.78 is 16.4. The van der Waals surface area contributed by atoms with E-state index in [0.717, 1.165) is 22.6 Å². The van der Waals surface area contributed by atoms with Crippen LogP contribution in [0.1, 0.15) is 20.9 Å². The first kappa shape index (κ1) is 25.0. The fourth-order valence-corrected chi connectivity index (χ4v) is 4.30. The van der Waals surface area contributed by atoms with Gasteiger partial charge in [-0.1, -0.05) is 29.8 Å². The van der Waals surface area contributed by atoms with E-state index in [2.05, 4.69) is 11.1 Å². The quantitative estimate of drug-likeness (QED) is 0.179. The molecule has 0 saturated carbocycles. The summed E-state index contributed by atoms with van der Waals surface area (Å²) in [6.45, 7) is -0.150. The third kappa shape index (κ3) is 5.92. The summed E-state index contributed by atoms with van der Waals surface area (Å²) in [7, 11) is 3.13. The highest BCUT2D eigenvalue weighted by molar-refractivity contribution is 7.11. The molecule has 0 bridgehead atoms. The van der Waals surface area contributed by atoms with E-state index in [9.17, 15) is 10.1 Å². The average molecular weight is 517 g/mol. The zero-order valence-electron chi connectivity index (χ0n) is 19.5. The van der Waals surface area contributed by atoms with Gasteiger partial charge in [0.1, 0.15) is 16.8 Å². The van der Waals surface area contributed by atoms with Crippen LogP contribution in [-0.4, -0.2) is 31.6 Å². The molecule has 0 unspecified atom stereocenters. The molecule has 1 heterocycles. The van der Waals surface area contributed by atoms with Crippen molar-refractivity contribution >= 4 is 40.4 Å². The van der Waals surface area contributed by atoms with Crippen LogP contribution in [0.3, 0.4) is 0 Å². The van der Waals surface area contributed by atoms with Crippen LogP contribution < -0.4 is 14.2 Å². The van der Waals surface area contributed by atoms with Gasteiger partial charge in [0.05, 0.1) is 25.5 Å². The largest absolute Gasteiger partial charge is 0.497 e. The Morgan fingerprint density at radius 3 is 2.58 bits per heavy atom. The molecule has 6 nitrogen and oxygen atoms in total. The van der Waals surface area contributed by atoms with Crippen LogP contribution >= 0.6 is 22.9 Å². The van der Waals surface area contributed by atoms with Gasteiger partial charge < -0.3 is 14.2 Å². The number of ether oxygens (including phenoxy) is 3. The van der Waals surface area contributed by atoms with Gasteiger partial charge in [0.2, 0.25) is 0 Å². The Labute approximate surface area is 218 Å². The van der Waals surface area contributed by atoms with Crippen LogP contribution in [0.5, 0.6) is 17.2 Å². The molecule has 1 aromatic heterocycles. The minimum atomic E-state index is -0.180. The zero-order chi connectivity index (χ0) is 25.5. The van der Waals surface area contributed by atoms with E-state index in [0.29, 0.717) is 32.7 Å². The monoisotopic (exact) mass is 516 g/mol. The molecular formula is C28H21ClN2O4S.